The number of fused-ring (bicyclic) bond motifs is 1. The summed E-state index contributed by atoms with van der Waals surface area (Å²) in [5.74, 6) is 0. The van der Waals surface area contributed by atoms with Gasteiger partial charge in [-0.05, 0) is 18.6 Å². The Bertz CT molecular complexity index is 420. The zero-order valence-electron chi connectivity index (χ0n) is 7.57. The molecule has 1 heterocycles. The molecule has 3 heteroatoms. The highest BCUT2D eigenvalue weighted by Crippen LogP contribution is 2.16. The van der Waals surface area contributed by atoms with Gasteiger partial charge in [-0.1, -0.05) is 12.1 Å². The van der Waals surface area contributed by atoms with E-state index in [0.717, 1.165) is 10.9 Å². The molecule has 0 spiro atoms. The summed E-state index contributed by atoms with van der Waals surface area (Å²) in [5.41, 5.74) is 2.32. The van der Waals surface area contributed by atoms with Crippen LogP contribution in [0.3, 0.4) is 0 Å². The SMILES string of the molecule is Cc1cccc2c1cnn2CCO. The molecule has 13 heavy (non-hydrogen) atoms. The zero-order valence-corrected chi connectivity index (χ0v) is 7.57. The van der Waals surface area contributed by atoms with Crippen LogP contribution in [-0.4, -0.2) is 21.5 Å². The summed E-state index contributed by atoms with van der Waals surface area (Å²) < 4.78 is 1.82. The zero-order chi connectivity index (χ0) is 9.26. The summed E-state index contributed by atoms with van der Waals surface area (Å²) in [4.78, 5) is 0. The van der Waals surface area contributed by atoms with Crippen molar-refractivity contribution in [1.82, 2.24) is 9.78 Å². The van der Waals surface area contributed by atoms with E-state index >= 15 is 0 Å². The maximum atomic E-state index is 8.81. The van der Waals surface area contributed by atoms with Crippen LogP contribution >= 0.6 is 0 Å². The van der Waals surface area contributed by atoms with Crippen molar-refractivity contribution in [3.8, 4) is 0 Å². The second-order valence-corrected chi connectivity index (χ2v) is 3.10. The molecule has 0 saturated heterocycles. The number of nitrogens with zero attached hydrogens (tertiary/aromatic N) is 2. The van der Waals surface area contributed by atoms with Gasteiger partial charge in [-0.25, -0.2) is 0 Å². The molecule has 0 radical (unpaired) electrons. The first-order valence-corrected chi connectivity index (χ1v) is 4.35. The monoisotopic (exact) mass is 176 g/mol. The lowest BCUT2D eigenvalue weighted by molar-refractivity contribution is 0.271. The highest BCUT2D eigenvalue weighted by atomic mass is 16.3. The van der Waals surface area contributed by atoms with E-state index in [4.69, 9.17) is 5.11 Å². The predicted molar refractivity (Wildman–Crippen MR) is 51.6 cm³/mol. The van der Waals surface area contributed by atoms with Gasteiger partial charge in [-0.15, -0.1) is 0 Å². The lowest BCUT2D eigenvalue weighted by atomic mass is 10.1. The third kappa shape index (κ3) is 1.31. The summed E-state index contributed by atoms with van der Waals surface area (Å²) in [6.07, 6.45) is 1.85. The average molecular weight is 176 g/mol. The largest absolute Gasteiger partial charge is 0.394 e. The van der Waals surface area contributed by atoms with Crippen LogP contribution in [0, 0.1) is 6.92 Å². The molecule has 0 atom stereocenters. The number of aryl methyl sites for hydroxylation is 1. The number of aliphatic hydroxyl groups is 1. The maximum Gasteiger partial charge on any atom is 0.0686 e. The fourth-order valence-electron chi connectivity index (χ4n) is 1.52. The normalized spacial score (nSPS) is 10.9. The molecular weight excluding hydrogens is 164 g/mol. The third-order valence-corrected chi connectivity index (χ3v) is 2.22. The molecule has 1 N–H and O–H groups in total. The Hall–Kier alpha value is -1.35. The van der Waals surface area contributed by atoms with E-state index < -0.39 is 0 Å². The smallest absolute Gasteiger partial charge is 0.0686 e. The van der Waals surface area contributed by atoms with E-state index in [1.54, 1.807) is 0 Å². The molecule has 0 aliphatic heterocycles. The van der Waals surface area contributed by atoms with E-state index in [2.05, 4.69) is 18.1 Å². The first-order valence-electron chi connectivity index (χ1n) is 4.35. The van der Waals surface area contributed by atoms with Gasteiger partial charge in [-0.2, -0.15) is 5.10 Å². The Balaban J connectivity index is 2.61. The second-order valence-electron chi connectivity index (χ2n) is 3.10. The van der Waals surface area contributed by atoms with E-state index in [0.29, 0.717) is 6.54 Å². The minimum atomic E-state index is 0.130. The minimum absolute atomic E-state index is 0.130. The molecule has 0 aliphatic rings. The first kappa shape index (κ1) is 8.26. The standard InChI is InChI=1S/C10H12N2O/c1-8-3-2-4-10-9(8)7-11-12(10)5-6-13/h2-4,7,13H,5-6H2,1H3. The highest BCUT2D eigenvalue weighted by Gasteiger charge is 2.02. The van der Waals surface area contributed by atoms with Gasteiger partial charge in [0.15, 0.2) is 0 Å². The van der Waals surface area contributed by atoms with E-state index in [1.165, 1.54) is 5.56 Å². The van der Waals surface area contributed by atoms with Crippen LogP contribution in [0.15, 0.2) is 24.4 Å². The number of aliphatic hydroxyl groups excluding tert-OH is 1. The van der Waals surface area contributed by atoms with Crippen molar-refractivity contribution in [2.75, 3.05) is 6.61 Å². The lowest BCUT2D eigenvalue weighted by Crippen LogP contribution is -2.02. The fraction of sp³-hybridized carbons (Fsp3) is 0.300. The Labute approximate surface area is 76.6 Å². The molecule has 0 unspecified atom stereocenters. The van der Waals surface area contributed by atoms with Crippen molar-refractivity contribution in [2.24, 2.45) is 0 Å². The topological polar surface area (TPSA) is 38.0 Å². The van der Waals surface area contributed by atoms with Gasteiger partial charge in [0.2, 0.25) is 0 Å². The minimum Gasteiger partial charge on any atom is -0.394 e. The quantitative estimate of drug-likeness (QED) is 0.749. The summed E-state index contributed by atoms with van der Waals surface area (Å²) in [6.45, 7) is 2.75. The van der Waals surface area contributed by atoms with Gasteiger partial charge in [0.25, 0.3) is 0 Å². The summed E-state index contributed by atoms with van der Waals surface area (Å²) in [5, 5.41) is 14.2. The van der Waals surface area contributed by atoms with E-state index in [1.807, 2.05) is 23.0 Å². The Kier molecular flexibility index (Phi) is 2.02. The van der Waals surface area contributed by atoms with Crippen LogP contribution in [-0.2, 0) is 6.54 Å². The predicted octanol–water partition coefficient (Wildman–Crippen LogP) is 1.34. The van der Waals surface area contributed by atoms with Crippen molar-refractivity contribution in [1.29, 1.82) is 0 Å². The number of benzene rings is 1. The van der Waals surface area contributed by atoms with Gasteiger partial charge >= 0.3 is 0 Å². The van der Waals surface area contributed by atoms with Crippen LogP contribution in [0.25, 0.3) is 10.9 Å². The molecule has 2 rings (SSSR count). The number of aromatic nitrogens is 2. The van der Waals surface area contributed by atoms with Crippen molar-refractivity contribution < 1.29 is 5.11 Å². The van der Waals surface area contributed by atoms with Crippen molar-refractivity contribution in [3.05, 3.63) is 30.0 Å². The van der Waals surface area contributed by atoms with Gasteiger partial charge in [-0.3, -0.25) is 4.68 Å². The molecule has 3 nitrogen and oxygen atoms in total. The van der Waals surface area contributed by atoms with Crippen LogP contribution in [0.5, 0.6) is 0 Å². The summed E-state index contributed by atoms with van der Waals surface area (Å²) in [6, 6.07) is 6.09. The summed E-state index contributed by atoms with van der Waals surface area (Å²) in [7, 11) is 0. The Morgan fingerprint density at radius 1 is 1.46 bits per heavy atom. The Morgan fingerprint density at radius 2 is 2.31 bits per heavy atom. The van der Waals surface area contributed by atoms with Crippen LogP contribution in [0.1, 0.15) is 5.56 Å². The molecule has 0 saturated carbocycles. The molecule has 0 aliphatic carbocycles. The molecule has 0 amide bonds. The number of rotatable bonds is 2. The summed E-state index contributed by atoms with van der Waals surface area (Å²) >= 11 is 0. The number of hydrogen-bond acceptors (Lipinski definition) is 2. The van der Waals surface area contributed by atoms with Gasteiger partial charge in [0, 0.05) is 5.39 Å². The molecule has 68 valence electrons. The van der Waals surface area contributed by atoms with Gasteiger partial charge < -0.3 is 5.11 Å². The van der Waals surface area contributed by atoms with Gasteiger partial charge in [0.05, 0.1) is 24.9 Å². The second kappa shape index (κ2) is 3.18. The number of hydrogen-bond donors (Lipinski definition) is 1. The van der Waals surface area contributed by atoms with Crippen molar-refractivity contribution in [3.63, 3.8) is 0 Å². The molecule has 0 fully saturated rings. The van der Waals surface area contributed by atoms with Gasteiger partial charge in [0.1, 0.15) is 0 Å². The third-order valence-electron chi connectivity index (χ3n) is 2.22. The highest BCUT2D eigenvalue weighted by molar-refractivity contribution is 5.81. The fourth-order valence-corrected chi connectivity index (χ4v) is 1.52. The van der Waals surface area contributed by atoms with E-state index in [9.17, 15) is 0 Å². The van der Waals surface area contributed by atoms with Crippen LogP contribution < -0.4 is 0 Å². The first-order chi connectivity index (χ1) is 6.33. The molecule has 0 bridgehead atoms. The van der Waals surface area contributed by atoms with Crippen molar-refractivity contribution >= 4 is 10.9 Å². The average Bonchev–Trinajstić information content (AvgIpc) is 2.51. The molecule has 1 aromatic carbocycles. The van der Waals surface area contributed by atoms with Crippen LogP contribution in [0.2, 0.25) is 0 Å². The lowest BCUT2D eigenvalue weighted by Gasteiger charge is -2.00. The van der Waals surface area contributed by atoms with Crippen molar-refractivity contribution in [2.45, 2.75) is 13.5 Å². The molecule has 1 aromatic heterocycles. The Morgan fingerprint density at radius 3 is 3.08 bits per heavy atom. The van der Waals surface area contributed by atoms with Crippen LogP contribution in [0.4, 0.5) is 0 Å². The molecular formula is C10H12N2O. The maximum absolute atomic E-state index is 8.81. The molecule has 2 aromatic rings. The van der Waals surface area contributed by atoms with E-state index in [-0.39, 0.29) is 6.61 Å².